The third-order valence-corrected chi connectivity index (χ3v) is 6.05. The van der Waals surface area contributed by atoms with Crippen LogP contribution in [0.25, 0.3) is 0 Å². The van der Waals surface area contributed by atoms with Crippen LogP contribution in [0.15, 0.2) is 48.5 Å². The monoisotopic (exact) mass is 429 g/mol. The minimum atomic E-state index is -0.582. The Balaban J connectivity index is 1.53. The van der Waals surface area contributed by atoms with E-state index in [1.807, 2.05) is 12.1 Å². The summed E-state index contributed by atoms with van der Waals surface area (Å²) in [5, 5.41) is 3.66. The SMILES string of the molecule is C[C@@H]1[C@H](C)CCC[C@H]1NC(=O)COC(=O)c1ccccc1OCc1ccc(Cl)cc1. The molecule has 3 atom stereocenters. The van der Waals surface area contributed by atoms with E-state index in [0.29, 0.717) is 34.8 Å². The highest BCUT2D eigenvalue weighted by molar-refractivity contribution is 6.30. The van der Waals surface area contributed by atoms with E-state index in [4.69, 9.17) is 21.1 Å². The van der Waals surface area contributed by atoms with Crippen LogP contribution in [0.1, 0.15) is 49.0 Å². The van der Waals surface area contributed by atoms with Crippen molar-refractivity contribution in [3.05, 3.63) is 64.7 Å². The van der Waals surface area contributed by atoms with Gasteiger partial charge < -0.3 is 14.8 Å². The molecular weight excluding hydrogens is 402 g/mol. The number of nitrogens with one attached hydrogen (secondary N) is 1. The largest absolute Gasteiger partial charge is 0.488 e. The summed E-state index contributed by atoms with van der Waals surface area (Å²) in [4.78, 5) is 24.8. The Bertz CT molecular complexity index is 868. The van der Waals surface area contributed by atoms with Crippen molar-refractivity contribution in [3.63, 3.8) is 0 Å². The summed E-state index contributed by atoms with van der Waals surface area (Å²) in [5.74, 6) is 0.556. The minimum absolute atomic E-state index is 0.134. The summed E-state index contributed by atoms with van der Waals surface area (Å²) < 4.78 is 11.0. The van der Waals surface area contributed by atoms with Gasteiger partial charge >= 0.3 is 5.97 Å². The number of halogens is 1. The molecule has 0 unspecified atom stereocenters. The first-order valence-corrected chi connectivity index (χ1v) is 10.7. The molecule has 0 heterocycles. The van der Waals surface area contributed by atoms with E-state index < -0.39 is 5.97 Å². The highest BCUT2D eigenvalue weighted by atomic mass is 35.5. The van der Waals surface area contributed by atoms with Crippen LogP contribution >= 0.6 is 11.6 Å². The van der Waals surface area contributed by atoms with Gasteiger partial charge in [0.15, 0.2) is 6.61 Å². The molecule has 1 saturated carbocycles. The van der Waals surface area contributed by atoms with Crippen LogP contribution < -0.4 is 10.1 Å². The molecule has 0 aromatic heterocycles. The first kappa shape index (κ1) is 22.2. The number of amides is 1. The van der Waals surface area contributed by atoms with Crippen LogP contribution in [0.5, 0.6) is 5.75 Å². The zero-order chi connectivity index (χ0) is 21.5. The van der Waals surface area contributed by atoms with E-state index >= 15 is 0 Å². The van der Waals surface area contributed by atoms with Crippen molar-refractivity contribution in [1.82, 2.24) is 5.32 Å². The van der Waals surface area contributed by atoms with E-state index in [-0.39, 0.29) is 18.6 Å². The van der Waals surface area contributed by atoms with Gasteiger partial charge in [-0.3, -0.25) is 4.79 Å². The summed E-state index contributed by atoms with van der Waals surface area (Å²) in [7, 11) is 0. The fraction of sp³-hybridized carbons (Fsp3) is 0.417. The molecule has 1 N–H and O–H groups in total. The normalized spacial score (nSPS) is 21.0. The number of benzene rings is 2. The maximum Gasteiger partial charge on any atom is 0.342 e. The zero-order valence-corrected chi connectivity index (χ0v) is 18.2. The molecule has 0 radical (unpaired) electrons. The van der Waals surface area contributed by atoms with Crippen molar-refractivity contribution >= 4 is 23.5 Å². The maximum atomic E-state index is 12.5. The fourth-order valence-electron chi connectivity index (χ4n) is 3.75. The lowest BCUT2D eigenvalue weighted by atomic mass is 9.78. The standard InChI is InChI=1S/C24H28ClNO4/c1-16-6-5-8-21(17(16)2)26-23(27)15-30-24(28)20-7-3-4-9-22(20)29-14-18-10-12-19(25)13-11-18/h3-4,7,9-13,16-17,21H,5-6,8,14-15H2,1-2H3,(H,26,27)/t16-,17-,21-/m1/s1. The van der Waals surface area contributed by atoms with Crippen LogP contribution in [0.4, 0.5) is 0 Å². The van der Waals surface area contributed by atoms with Gasteiger partial charge in [0.25, 0.3) is 5.91 Å². The molecule has 1 fully saturated rings. The van der Waals surface area contributed by atoms with Crippen molar-refractivity contribution < 1.29 is 19.1 Å². The van der Waals surface area contributed by atoms with Crippen molar-refractivity contribution in [2.24, 2.45) is 11.8 Å². The molecule has 1 aliphatic carbocycles. The third kappa shape index (κ3) is 5.99. The van der Waals surface area contributed by atoms with Gasteiger partial charge in [0.2, 0.25) is 0 Å². The quantitative estimate of drug-likeness (QED) is 0.628. The van der Waals surface area contributed by atoms with Gasteiger partial charge in [-0.05, 0) is 48.1 Å². The Labute approximate surface area is 182 Å². The Morgan fingerprint density at radius 2 is 1.80 bits per heavy atom. The average molecular weight is 430 g/mol. The van der Waals surface area contributed by atoms with Gasteiger partial charge in [0.05, 0.1) is 0 Å². The van der Waals surface area contributed by atoms with E-state index in [2.05, 4.69) is 19.2 Å². The Morgan fingerprint density at radius 3 is 2.57 bits per heavy atom. The molecule has 160 valence electrons. The second-order valence-electron chi connectivity index (χ2n) is 7.93. The minimum Gasteiger partial charge on any atom is -0.488 e. The summed E-state index contributed by atoms with van der Waals surface area (Å²) in [6, 6.07) is 14.3. The van der Waals surface area contributed by atoms with E-state index in [0.717, 1.165) is 18.4 Å². The first-order chi connectivity index (χ1) is 14.4. The molecule has 1 aliphatic rings. The fourth-order valence-corrected chi connectivity index (χ4v) is 3.87. The number of ether oxygens (including phenoxy) is 2. The lowest BCUT2D eigenvalue weighted by Gasteiger charge is -2.34. The molecule has 2 aromatic carbocycles. The van der Waals surface area contributed by atoms with Crippen LogP contribution in [0, 0.1) is 11.8 Å². The molecule has 3 rings (SSSR count). The van der Waals surface area contributed by atoms with E-state index in [1.165, 1.54) is 6.42 Å². The number of esters is 1. The topological polar surface area (TPSA) is 64.6 Å². The molecule has 0 aliphatic heterocycles. The number of carbonyl (C=O) groups is 2. The van der Waals surface area contributed by atoms with E-state index in [1.54, 1.807) is 36.4 Å². The summed E-state index contributed by atoms with van der Waals surface area (Å²) in [6.07, 6.45) is 3.26. The smallest absolute Gasteiger partial charge is 0.342 e. The molecular formula is C24H28ClNO4. The summed E-state index contributed by atoms with van der Waals surface area (Å²) in [5.41, 5.74) is 1.22. The van der Waals surface area contributed by atoms with Crippen LogP contribution in [-0.2, 0) is 16.1 Å². The first-order valence-electron chi connectivity index (χ1n) is 10.4. The van der Waals surface area contributed by atoms with Gasteiger partial charge in [-0.15, -0.1) is 0 Å². The third-order valence-electron chi connectivity index (χ3n) is 5.80. The van der Waals surface area contributed by atoms with Crippen molar-refractivity contribution in [2.45, 2.75) is 45.8 Å². The van der Waals surface area contributed by atoms with Gasteiger partial charge in [-0.1, -0.05) is 62.6 Å². The highest BCUT2D eigenvalue weighted by Gasteiger charge is 2.28. The predicted octanol–water partition coefficient (Wildman–Crippen LogP) is 5.02. The van der Waals surface area contributed by atoms with Crippen molar-refractivity contribution in [2.75, 3.05) is 6.61 Å². The van der Waals surface area contributed by atoms with Crippen molar-refractivity contribution in [1.29, 1.82) is 0 Å². The highest BCUT2D eigenvalue weighted by Crippen LogP contribution is 2.29. The Hall–Kier alpha value is -2.53. The zero-order valence-electron chi connectivity index (χ0n) is 17.4. The van der Waals surface area contributed by atoms with Crippen molar-refractivity contribution in [3.8, 4) is 5.75 Å². The molecule has 1 amide bonds. The number of para-hydroxylation sites is 1. The van der Waals surface area contributed by atoms with Crippen LogP contribution in [0.2, 0.25) is 5.02 Å². The molecule has 0 saturated heterocycles. The second-order valence-corrected chi connectivity index (χ2v) is 8.37. The number of hydrogen-bond acceptors (Lipinski definition) is 4. The number of rotatable bonds is 7. The summed E-state index contributed by atoms with van der Waals surface area (Å²) >= 11 is 5.90. The lowest BCUT2D eigenvalue weighted by Crippen LogP contribution is -2.45. The Kier molecular flexibility index (Phi) is 7.75. The Morgan fingerprint density at radius 1 is 1.07 bits per heavy atom. The van der Waals surface area contributed by atoms with Crippen LogP contribution in [-0.4, -0.2) is 24.5 Å². The number of hydrogen-bond donors (Lipinski definition) is 1. The molecule has 5 nitrogen and oxygen atoms in total. The number of carbonyl (C=O) groups excluding carboxylic acids is 2. The van der Waals surface area contributed by atoms with Crippen LogP contribution in [0.3, 0.4) is 0 Å². The maximum absolute atomic E-state index is 12.5. The van der Waals surface area contributed by atoms with Gasteiger partial charge in [-0.2, -0.15) is 0 Å². The lowest BCUT2D eigenvalue weighted by molar-refractivity contribution is -0.125. The van der Waals surface area contributed by atoms with Gasteiger partial charge in [0.1, 0.15) is 17.9 Å². The van der Waals surface area contributed by atoms with Gasteiger partial charge in [0, 0.05) is 11.1 Å². The molecule has 0 spiro atoms. The molecule has 0 bridgehead atoms. The second kappa shape index (κ2) is 10.5. The molecule has 30 heavy (non-hydrogen) atoms. The van der Waals surface area contributed by atoms with Gasteiger partial charge in [-0.25, -0.2) is 4.79 Å². The molecule has 2 aromatic rings. The van der Waals surface area contributed by atoms with E-state index in [9.17, 15) is 9.59 Å². The predicted molar refractivity (Wildman–Crippen MR) is 117 cm³/mol. The average Bonchev–Trinajstić information content (AvgIpc) is 2.75. The summed E-state index contributed by atoms with van der Waals surface area (Å²) in [6.45, 7) is 4.36. The molecule has 6 heteroatoms.